The van der Waals surface area contributed by atoms with Gasteiger partial charge in [0.1, 0.15) is 16.9 Å². The van der Waals surface area contributed by atoms with Gasteiger partial charge in [-0.3, -0.25) is 19.2 Å². The van der Waals surface area contributed by atoms with E-state index >= 15 is 4.39 Å². The number of carbonyl (C=O) groups is 4. The summed E-state index contributed by atoms with van der Waals surface area (Å²) in [6.07, 6.45) is -0.212. The SMILES string of the molecule is [CH2]C(OC)C1(C(=O)N(C(=O)c2cccc(F)c2)c2cc(SC(C)C(=O)OC)c(Cl)cc2F)CCCCC1C(=O)O. The Hall–Kier alpha value is -3.02. The Kier molecular flexibility index (Phi) is 10.3. The van der Waals surface area contributed by atoms with Crippen LogP contribution in [0.4, 0.5) is 14.5 Å². The molecule has 40 heavy (non-hydrogen) atoms. The number of esters is 1. The summed E-state index contributed by atoms with van der Waals surface area (Å²) in [5.41, 5.74) is -2.70. The van der Waals surface area contributed by atoms with Crippen molar-refractivity contribution in [3.8, 4) is 0 Å². The van der Waals surface area contributed by atoms with Crippen molar-refractivity contribution in [2.45, 2.75) is 48.9 Å². The van der Waals surface area contributed by atoms with Crippen molar-refractivity contribution in [2.24, 2.45) is 11.3 Å². The number of benzene rings is 2. The molecule has 0 heterocycles. The van der Waals surface area contributed by atoms with Gasteiger partial charge >= 0.3 is 11.9 Å². The number of hydrogen-bond acceptors (Lipinski definition) is 7. The number of carboxylic acid groups (broad SMARTS) is 1. The van der Waals surface area contributed by atoms with Gasteiger partial charge in [0.25, 0.3) is 5.91 Å². The number of thioether (sulfide) groups is 1. The van der Waals surface area contributed by atoms with Crippen LogP contribution < -0.4 is 4.90 Å². The Bertz CT molecular complexity index is 1310. The number of amides is 2. The molecule has 215 valence electrons. The molecule has 1 saturated carbocycles. The fourth-order valence-corrected chi connectivity index (χ4v) is 6.19. The second kappa shape index (κ2) is 13.1. The Morgan fingerprint density at radius 1 is 1.18 bits per heavy atom. The Balaban J connectivity index is 2.28. The number of ether oxygens (including phenoxy) is 2. The minimum absolute atomic E-state index is 0.00602. The Morgan fingerprint density at radius 2 is 1.88 bits per heavy atom. The predicted octanol–water partition coefficient (Wildman–Crippen LogP) is 5.56. The molecule has 2 amide bonds. The molecular weight excluding hydrogens is 568 g/mol. The van der Waals surface area contributed by atoms with Crippen molar-refractivity contribution in [1.29, 1.82) is 0 Å². The lowest BCUT2D eigenvalue weighted by molar-refractivity contribution is -0.162. The maximum Gasteiger partial charge on any atom is 0.318 e. The third-order valence-corrected chi connectivity index (χ3v) is 8.63. The van der Waals surface area contributed by atoms with Gasteiger partial charge < -0.3 is 14.6 Å². The van der Waals surface area contributed by atoms with E-state index in [1.165, 1.54) is 33.3 Å². The first-order valence-electron chi connectivity index (χ1n) is 12.4. The maximum atomic E-state index is 15.6. The molecule has 0 aromatic heterocycles. The minimum atomic E-state index is -1.86. The molecule has 0 spiro atoms. The van der Waals surface area contributed by atoms with Crippen LogP contribution in [0.2, 0.25) is 5.02 Å². The number of anilines is 1. The van der Waals surface area contributed by atoms with Crippen molar-refractivity contribution in [3.05, 3.63) is 65.5 Å². The highest BCUT2D eigenvalue weighted by molar-refractivity contribution is 8.00. The molecule has 12 heteroatoms. The van der Waals surface area contributed by atoms with E-state index in [9.17, 15) is 28.7 Å². The van der Waals surface area contributed by atoms with E-state index in [0.29, 0.717) is 17.7 Å². The molecule has 0 saturated heterocycles. The van der Waals surface area contributed by atoms with Crippen molar-refractivity contribution in [1.82, 2.24) is 0 Å². The summed E-state index contributed by atoms with van der Waals surface area (Å²) < 4.78 is 39.9. The molecule has 0 aliphatic heterocycles. The molecule has 0 bridgehead atoms. The van der Waals surface area contributed by atoms with E-state index in [1.807, 2.05) is 0 Å². The number of hydrogen-bond donors (Lipinski definition) is 1. The van der Waals surface area contributed by atoms with Crippen LogP contribution in [0.25, 0.3) is 0 Å². The van der Waals surface area contributed by atoms with Gasteiger partial charge in [0.2, 0.25) is 5.91 Å². The summed E-state index contributed by atoms with van der Waals surface area (Å²) in [4.78, 5) is 53.4. The quantitative estimate of drug-likeness (QED) is 0.228. The first-order chi connectivity index (χ1) is 18.9. The lowest BCUT2D eigenvalue weighted by Crippen LogP contribution is -2.59. The van der Waals surface area contributed by atoms with Gasteiger partial charge in [-0.05, 0) is 57.0 Å². The molecule has 1 fully saturated rings. The first kappa shape index (κ1) is 31.5. The van der Waals surface area contributed by atoms with Crippen LogP contribution in [0.5, 0.6) is 0 Å². The number of aliphatic carboxylic acids is 1. The molecule has 4 unspecified atom stereocenters. The monoisotopic (exact) mass is 596 g/mol. The maximum absolute atomic E-state index is 15.6. The lowest BCUT2D eigenvalue weighted by atomic mass is 9.62. The summed E-state index contributed by atoms with van der Waals surface area (Å²) in [6.45, 7) is 5.40. The largest absolute Gasteiger partial charge is 0.481 e. The number of rotatable bonds is 9. The molecule has 4 atom stereocenters. The normalized spacial score (nSPS) is 20.3. The number of methoxy groups -OCH3 is 2. The number of carboxylic acids is 1. The van der Waals surface area contributed by atoms with Crippen LogP contribution in [0.3, 0.4) is 0 Å². The summed E-state index contributed by atoms with van der Waals surface area (Å²) >= 11 is 7.15. The highest BCUT2D eigenvalue weighted by atomic mass is 35.5. The number of halogens is 3. The van der Waals surface area contributed by atoms with Gasteiger partial charge in [-0.2, -0.15) is 0 Å². The Morgan fingerprint density at radius 3 is 2.48 bits per heavy atom. The second-order valence-electron chi connectivity index (χ2n) is 9.37. The zero-order valence-electron chi connectivity index (χ0n) is 22.1. The van der Waals surface area contributed by atoms with Crippen molar-refractivity contribution in [3.63, 3.8) is 0 Å². The fourth-order valence-electron chi connectivity index (χ4n) is 4.99. The molecular formula is C28H29ClF2NO7S. The van der Waals surface area contributed by atoms with Gasteiger partial charge in [0, 0.05) is 17.6 Å². The summed E-state index contributed by atoms with van der Waals surface area (Å²) in [5, 5.41) is 9.20. The molecule has 3 rings (SSSR count). The van der Waals surface area contributed by atoms with Crippen LogP contribution in [0, 0.1) is 29.9 Å². The highest BCUT2D eigenvalue weighted by Gasteiger charge is 2.57. The van der Waals surface area contributed by atoms with Crippen LogP contribution in [-0.4, -0.2) is 54.4 Å². The average molecular weight is 597 g/mol. The van der Waals surface area contributed by atoms with Crippen LogP contribution >= 0.6 is 23.4 Å². The van der Waals surface area contributed by atoms with E-state index in [-0.39, 0.29) is 28.3 Å². The zero-order valence-corrected chi connectivity index (χ0v) is 23.7. The molecule has 1 aliphatic carbocycles. The number of imide groups is 1. The van der Waals surface area contributed by atoms with Crippen molar-refractivity contribution >= 4 is 52.8 Å². The van der Waals surface area contributed by atoms with E-state index in [2.05, 4.69) is 6.92 Å². The lowest BCUT2D eigenvalue weighted by Gasteiger charge is -2.46. The number of nitrogens with zero attached hydrogens (tertiary/aromatic N) is 1. The molecule has 1 radical (unpaired) electrons. The molecule has 1 aliphatic rings. The summed E-state index contributed by atoms with van der Waals surface area (Å²) in [7, 11) is 2.45. The topological polar surface area (TPSA) is 110 Å². The van der Waals surface area contributed by atoms with Gasteiger partial charge in [-0.15, -0.1) is 11.8 Å². The van der Waals surface area contributed by atoms with Crippen molar-refractivity contribution < 1.29 is 42.5 Å². The third kappa shape index (κ3) is 6.16. The Labute approximate surface area is 240 Å². The highest BCUT2D eigenvalue weighted by Crippen LogP contribution is 2.48. The van der Waals surface area contributed by atoms with Gasteiger partial charge in [0.05, 0.1) is 35.3 Å². The third-order valence-electron chi connectivity index (χ3n) is 7.07. The van der Waals surface area contributed by atoms with Crippen molar-refractivity contribution in [2.75, 3.05) is 19.1 Å². The molecule has 2 aromatic rings. The van der Waals surface area contributed by atoms with Gasteiger partial charge in [-0.1, -0.05) is 30.5 Å². The molecule has 2 aromatic carbocycles. The standard InChI is InChI=1S/C28H29ClF2NO7S/c1-15(26(36)39-4)40-23-14-22(21(31)13-20(23)29)32(24(33)17-8-7-9-18(30)12-17)27(37)28(16(2)38-3)11-6-5-10-19(28)25(34)35/h7-9,12-16,19H,2,5-6,10-11H2,1,3-4H3,(H,34,35). The second-order valence-corrected chi connectivity index (χ2v) is 11.2. The van der Waals surface area contributed by atoms with E-state index < -0.39 is 63.8 Å². The average Bonchev–Trinajstić information content (AvgIpc) is 2.93. The van der Waals surface area contributed by atoms with Gasteiger partial charge in [-0.25, -0.2) is 13.7 Å². The van der Waals surface area contributed by atoms with Crippen LogP contribution in [0.1, 0.15) is 43.0 Å². The zero-order chi connectivity index (χ0) is 29.8. The predicted molar refractivity (Wildman–Crippen MR) is 145 cm³/mol. The van der Waals surface area contributed by atoms with E-state index in [4.69, 9.17) is 21.1 Å². The van der Waals surface area contributed by atoms with Crippen LogP contribution in [0.15, 0.2) is 41.3 Å². The van der Waals surface area contributed by atoms with Crippen LogP contribution in [-0.2, 0) is 23.9 Å². The molecule has 1 N–H and O–H groups in total. The van der Waals surface area contributed by atoms with E-state index in [0.717, 1.165) is 36.0 Å². The fraction of sp³-hybridized carbons (Fsp3) is 0.393. The number of carbonyl (C=O) groups excluding carboxylic acids is 3. The van der Waals surface area contributed by atoms with Gasteiger partial charge in [0.15, 0.2) is 0 Å². The first-order valence-corrected chi connectivity index (χ1v) is 13.6. The molecule has 8 nitrogen and oxygen atoms in total. The minimum Gasteiger partial charge on any atom is -0.481 e. The summed E-state index contributed by atoms with van der Waals surface area (Å²) in [6, 6.07) is 6.46. The smallest absolute Gasteiger partial charge is 0.318 e. The van der Waals surface area contributed by atoms with E-state index in [1.54, 1.807) is 0 Å². The summed E-state index contributed by atoms with van der Waals surface area (Å²) in [5.74, 6) is -7.20.